The van der Waals surface area contributed by atoms with E-state index in [0.29, 0.717) is 32.1 Å². The van der Waals surface area contributed by atoms with E-state index in [1.54, 1.807) is 0 Å². The Hall–Kier alpha value is -4.88. The molecule has 0 saturated carbocycles. The van der Waals surface area contributed by atoms with Crippen molar-refractivity contribution in [3.63, 3.8) is 0 Å². The van der Waals surface area contributed by atoms with Gasteiger partial charge in [0.1, 0.15) is 18.8 Å². The second kappa shape index (κ2) is 57.5. The van der Waals surface area contributed by atoms with Crippen molar-refractivity contribution < 1.29 is 58.2 Å². The normalized spacial score (nSPS) is 18.4. The molecule has 3 N–H and O–H groups in total. The van der Waals surface area contributed by atoms with Crippen LogP contribution >= 0.6 is 0 Å². The van der Waals surface area contributed by atoms with Gasteiger partial charge in [0.25, 0.3) is 0 Å². The number of hydrogen-bond acceptors (Lipinski definition) is 11. The summed E-state index contributed by atoms with van der Waals surface area (Å²) in [5.41, 5.74) is 0. The molecular formula is C71H114O12. The lowest BCUT2D eigenvalue weighted by Crippen LogP contribution is -2.61. The molecule has 1 aliphatic rings. The van der Waals surface area contributed by atoms with Crippen LogP contribution < -0.4 is 0 Å². The fourth-order valence-electron chi connectivity index (χ4n) is 9.15. The third kappa shape index (κ3) is 47.1. The number of rotatable bonds is 54. The fraction of sp³-hybridized carbons (Fsp3) is 0.662. The van der Waals surface area contributed by atoms with Gasteiger partial charge in [-0.2, -0.15) is 0 Å². The van der Waals surface area contributed by atoms with Gasteiger partial charge in [0.15, 0.2) is 24.6 Å². The maximum Gasteiger partial charge on any atom is 0.335 e. The summed E-state index contributed by atoms with van der Waals surface area (Å²) in [5, 5.41) is 31.6. The number of carboxylic acid groups (broad SMARTS) is 1. The molecule has 12 heteroatoms. The molecule has 1 rings (SSSR count). The number of aliphatic hydroxyl groups is 2. The Kier molecular flexibility index (Phi) is 52.8. The zero-order chi connectivity index (χ0) is 60.3. The number of esters is 3. The minimum Gasteiger partial charge on any atom is -0.479 e. The number of unbranched alkanes of at least 4 members (excludes halogenated alkanes) is 20. The van der Waals surface area contributed by atoms with Gasteiger partial charge in [-0.05, 0) is 96.3 Å². The van der Waals surface area contributed by atoms with Crippen LogP contribution in [-0.4, -0.2) is 89.2 Å². The van der Waals surface area contributed by atoms with Crippen molar-refractivity contribution in [3.8, 4) is 0 Å². The molecule has 0 aromatic carbocycles. The molecular weight excluding hydrogens is 1040 g/mol. The second-order valence-corrected chi connectivity index (χ2v) is 21.6. The zero-order valence-electron chi connectivity index (χ0n) is 51.9. The third-order valence-electron chi connectivity index (χ3n) is 14.0. The number of aliphatic carboxylic acids is 1. The Labute approximate surface area is 503 Å². The van der Waals surface area contributed by atoms with Crippen LogP contribution in [0.2, 0.25) is 0 Å². The molecule has 0 aromatic rings. The number of allylic oxidation sites excluding steroid dienone is 20. The standard InChI is InChI=1S/C71H114O12/c1-4-7-10-13-16-19-22-25-28-31-32-35-38-41-44-47-50-53-56-59-65(74)82-69-67(76)66(75)68(70(77)78)83-71(69)80-61-62(81-64(73)58-55-52-49-46-43-40-37-34-30-27-24-21-18-15-12-9-6-3)60-79-63(72)57-54-51-48-45-42-39-36-33-29-26-23-20-17-14-11-8-5-2/h8-9,11-12,17-18,20-21,26-27,29-30,36-37,39-40,45-46,48-49,62,66-69,71,75-76H,4-7,10,13-16,19,22-25,28,31-35,38,41-44,47,50-61H2,1-3H3,(H,77,78)/b11-8-,12-9-,20-17-,21-18-,29-26-,30-27-,39-36-,40-37-,48-45-,49-46-. The summed E-state index contributed by atoms with van der Waals surface area (Å²) in [6.07, 6.45) is 67.5. The highest BCUT2D eigenvalue weighted by Crippen LogP contribution is 2.26. The molecule has 1 fully saturated rings. The van der Waals surface area contributed by atoms with Crippen molar-refractivity contribution in [1.82, 2.24) is 0 Å². The van der Waals surface area contributed by atoms with E-state index in [2.05, 4.69) is 124 Å². The minimum absolute atomic E-state index is 0.0458. The Bertz CT molecular complexity index is 1900. The van der Waals surface area contributed by atoms with Crippen LogP contribution in [0.1, 0.15) is 252 Å². The van der Waals surface area contributed by atoms with Gasteiger partial charge >= 0.3 is 23.9 Å². The molecule has 6 unspecified atom stereocenters. The Morgan fingerprint density at radius 1 is 0.410 bits per heavy atom. The van der Waals surface area contributed by atoms with Gasteiger partial charge in [-0.25, -0.2) is 4.79 Å². The van der Waals surface area contributed by atoms with Crippen molar-refractivity contribution in [2.24, 2.45) is 0 Å². The summed E-state index contributed by atoms with van der Waals surface area (Å²) in [6, 6.07) is 0. The molecule has 1 heterocycles. The quantitative estimate of drug-likeness (QED) is 0.0228. The average Bonchev–Trinajstić information content (AvgIpc) is 3.58. The van der Waals surface area contributed by atoms with E-state index >= 15 is 0 Å². The lowest BCUT2D eigenvalue weighted by Gasteiger charge is -2.40. The first-order chi connectivity index (χ1) is 40.6. The van der Waals surface area contributed by atoms with Gasteiger partial charge in [0.05, 0.1) is 6.61 Å². The van der Waals surface area contributed by atoms with E-state index in [0.717, 1.165) is 89.9 Å². The Morgan fingerprint density at radius 3 is 1.14 bits per heavy atom. The minimum atomic E-state index is -1.92. The monoisotopic (exact) mass is 1160 g/mol. The van der Waals surface area contributed by atoms with E-state index < -0.39 is 67.3 Å². The summed E-state index contributed by atoms with van der Waals surface area (Å²) >= 11 is 0. The van der Waals surface area contributed by atoms with E-state index in [1.807, 2.05) is 18.2 Å². The van der Waals surface area contributed by atoms with Crippen molar-refractivity contribution >= 4 is 23.9 Å². The van der Waals surface area contributed by atoms with Crippen molar-refractivity contribution in [2.75, 3.05) is 13.2 Å². The van der Waals surface area contributed by atoms with Crippen molar-refractivity contribution in [3.05, 3.63) is 122 Å². The molecule has 0 amide bonds. The molecule has 0 bridgehead atoms. The van der Waals surface area contributed by atoms with Gasteiger partial charge in [0.2, 0.25) is 0 Å². The van der Waals surface area contributed by atoms with E-state index in [9.17, 15) is 34.5 Å². The first-order valence-electron chi connectivity index (χ1n) is 32.5. The van der Waals surface area contributed by atoms with Crippen molar-refractivity contribution in [2.45, 2.75) is 289 Å². The van der Waals surface area contributed by atoms with E-state index in [-0.39, 0.29) is 25.9 Å². The molecule has 0 radical (unpaired) electrons. The fourth-order valence-corrected chi connectivity index (χ4v) is 9.15. The molecule has 6 atom stereocenters. The number of carbonyl (C=O) groups is 4. The lowest BCUT2D eigenvalue weighted by molar-refractivity contribution is -0.301. The highest BCUT2D eigenvalue weighted by molar-refractivity contribution is 5.74. The van der Waals surface area contributed by atoms with Crippen molar-refractivity contribution in [1.29, 1.82) is 0 Å². The van der Waals surface area contributed by atoms with Crippen LogP contribution in [0.4, 0.5) is 0 Å². The molecule has 1 aliphatic heterocycles. The van der Waals surface area contributed by atoms with Crippen LogP contribution in [0.25, 0.3) is 0 Å². The number of hydrogen-bond donors (Lipinski definition) is 3. The van der Waals surface area contributed by atoms with Gasteiger partial charge in [-0.15, -0.1) is 0 Å². The Morgan fingerprint density at radius 2 is 0.759 bits per heavy atom. The second-order valence-electron chi connectivity index (χ2n) is 21.6. The molecule has 1 saturated heterocycles. The average molecular weight is 1160 g/mol. The topological polar surface area (TPSA) is 175 Å². The zero-order valence-corrected chi connectivity index (χ0v) is 51.9. The summed E-state index contributed by atoms with van der Waals surface area (Å²) in [6.45, 7) is 5.69. The number of ether oxygens (including phenoxy) is 5. The SMILES string of the molecule is CC/C=C\C/C=C\C/C=C\C/C=C\C/C=C\CCCC(=O)OCC(COC1OC(C(=O)O)C(O)C(O)C1OC(=O)CCCCCCCCCCCCCCCCCCCCC)OC(=O)CCC/C=C\C/C=C\C/C=C\C/C=C\C/C=C\CC. The van der Waals surface area contributed by atoms with Crippen LogP contribution in [0, 0.1) is 0 Å². The molecule has 470 valence electrons. The van der Waals surface area contributed by atoms with Crippen LogP contribution in [-0.2, 0) is 42.9 Å². The maximum atomic E-state index is 13.2. The van der Waals surface area contributed by atoms with Gasteiger partial charge in [-0.3, -0.25) is 14.4 Å². The molecule has 12 nitrogen and oxygen atoms in total. The number of carbonyl (C=O) groups excluding carboxylic acids is 3. The smallest absolute Gasteiger partial charge is 0.335 e. The Balaban J connectivity index is 2.72. The van der Waals surface area contributed by atoms with E-state index in [4.69, 9.17) is 23.7 Å². The van der Waals surface area contributed by atoms with Crippen LogP contribution in [0.15, 0.2) is 122 Å². The molecule has 83 heavy (non-hydrogen) atoms. The van der Waals surface area contributed by atoms with Gasteiger partial charge in [-0.1, -0.05) is 258 Å². The first kappa shape index (κ1) is 76.1. The van der Waals surface area contributed by atoms with E-state index in [1.165, 1.54) is 89.9 Å². The largest absolute Gasteiger partial charge is 0.479 e. The van der Waals surface area contributed by atoms with Gasteiger partial charge < -0.3 is 39.0 Å². The molecule has 0 spiro atoms. The lowest BCUT2D eigenvalue weighted by atomic mass is 9.98. The highest BCUT2D eigenvalue weighted by atomic mass is 16.7. The first-order valence-corrected chi connectivity index (χ1v) is 32.5. The summed E-state index contributed by atoms with van der Waals surface area (Å²) in [4.78, 5) is 51.3. The van der Waals surface area contributed by atoms with Crippen LogP contribution in [0.5, 0.6) is 0 Å². The predicted octanol–water partition coefficient (Wildman–Crippen LogP) is 17.6. The summed E-state index contributed by atoms with van der Waals surface area (Å²) in [7, 11) is 0. The molecule has 0 aromatic heterocycles. The summed E-state index contributed by atoms with van der Waals surface area (Å²) < 4.78 is 28.4. The molecule has 0 aliphatic carbocycles. The predicted molar refractivity (Wildman–Crippen MR) is 340 cm³/mol. The highest BCUT2D eigenvalue weighted by Gasteiger charge is 2.50. The number of carboxylic acids is 1. The van der Waals surface area contributed by atoms with Gasteiger partial charge in [0, 0.05) is 19.3 Å². The number of aliphatic hydroxyl groups excluding tert-OH is 2. The van der Waals surface area contributed by atoms with Crippen LogP contribution in [0.3, 0.4) is 0 Å². The maximum absolute atomic E-state index is 13.2. The third-order valence-corrected chi connectivity index (χ3v) is 14.0. The summed E-state index contributed by atoms with van der Waals surface area (Å²) in [5.74, 6) is -3.28.